The zero-order chi connectivity index (χ0) is 38.4. The van der Waals surface area contributed by atoms with Crippen molar-refractivity contribution >= 4 is 38.8 Å². The van der Waals surface area contributed by atoms with E-state index < -0.39 is 87.6 Å². The van der Waals surface area contributed by atoms with E-state index in [1.165, 1.54) is 11.0 Å². The molecule has 2 aromatic heterocycles. The van der Waals surface area contributed by atoms with Crippen LogP contribution in [-0.2, 0) is 30.8 Å². The quantitative estimate of drug-likeness (QED) is 0.232. The van der Waals surface area contributed by atoms with Gasteiger partial charge < -0.3 is 24.6 Å². The number of nitrogens with one attached hydrogen (secondary N) is 3. The van der Waals surface area contributed by atoms with E-state index in [2.05, 4.69) is 25.8 Å². The highest BCUT2D eigenvalue weighted by Gasteiger charge is 2.65. The van der Waals surface area contributed by atoms with Gasteiger partial charge in [-0.3, -0.25) is 24.4 Å². The smallest absolute Gasteiger partial charge is 0.259 e. The molecule has 292 valence electrons. The lowest BCUT2D eigenvalue weighted by Crippen LogP contribution is -2.58. The average Bonchev–Trinajstić information content (AvgIpc) is 4.01. The normalized spacial score (nSPS) is 28.3. The van der Waals surface area contributed by atoms with Crippen LogP contribution in [0.1, 0.15) is 94.5 Å². The summed E-state index contributed by atoms with van der Waals surface area (Å²) in [7, 11) is -4.07. The third kappa shape index (κ3) is 8.05. The van der Waals surface area contributed by atoms with Gasteiger partial charge in [0.25, 0.3) is 5.91 Å². The minimum Gasteiger partial charge on any atom is -0.471 e. The Morgan fingerprint density at radius 3 is 2.56 bits per heavy atom. The number of carbonyl (C=O) groups is 3. The molecular weight excluding hydrogens is 728 g/mol. The first-order valence-electron chi connectivity index (χ1n) is 18.5. The molecule has 0 bridgehead atoms. The molecule has 18 heteroatoms. The lowest BCUT2D eigenvalue weighted by Gasteiger charge is -2.30. The van der Waals surface area contributed by atoms with Crippen molar-refractivity contribution in [3.05, 3.63) is 47.5 Å². The minimum absolute atomic E-state index is 0.0636. The summed E-state index contributed by atoms with van der Waals surface area (Å²) in [4.78, 5) is 53.2. The number of benzene rings is 1. The summed E-state index contributed by atoms with van der Waals surface area (Å²) in [5, 5.41) is 19.6. The summed E-state index contributed by atoms with van der Waals surface area (Å²) in [5.74, 6) is -6.03. The summed E-state index contributed by atoms with van der Waals surface area (Å²) in [5.41, 5.74) is 0.0199. The number of hydrogen-bond donors (Lipinski definition) is 4. The predicted molar refractivity (Wildman–Crippen MR) is 188 cm³/mol. The lowest BCUT2D eigenvalue weighted by atomic mass is 10.00. The van der Waals surface area contributed by atoms with Crippen LogP contribution in [0.5, 0.6) is 5.88 Å². The van der Waals surface area contributed by atoms with E-state index in [-0.39, 0.29) is 43.8 Å². The van der Waals surface area contributed by atoms with Gasteiger partial charge in [-0.2, -0.15) is 0 Å². The van der Waals surface area contributed by atoms with Crippen LogP contribution >= 0.6 is 0 Å². The van der Waals surface area contributed by atoms with Gasteiger partial charge in [0.2, 0.25) is 33.6 Å². The largest absolute Gasteiger partial charge is 0.471 e. The van der Waals surface area contributed by atoms with Crippen molar-refractivity contribution in [3.63, 3.8) is 0 Å². The Labute approximate surface area is 311 Å². The summed E-state index contributed by atoms with van der Waals surface area (Å²) in [6, 6.07) is 6.42. The zero-order valence-corrected chi connectivity index (χ0v) is 30.9. The van der Waals surface area contributed by atoms with Gasteiger partial charge >= 0.3 is 0 Å². The molecule has 15 nitrogen and oxygen atoms in total. The van der Waals surface area contributed by atoms with Crippen LogP contribution in [0, 0.1) is 12.8 Å². The Hall–Kier alpha value is -4.29. The van der Waals surface area contributed by atoms with Gasteiger partial charge in [-0.15, -0.1) is 0 Å². The van der Waals surface area contributed by atoms with Crippen LogP contribution in [0.4, 0.5) is 8.78 Å². The molecule has 7 rings (SSSR count). The molecule has 6 unspecified atom stereocenters. The number of amides is 3. The SMILES string of the molecule is CCc1nc2ccccc2nc1OC1CC2C(=O)NC3(C(=O)NS(=O)(=O)C4CC4)CC3CC(F)(F)CCCCCC(NC(O)c3cc(C)on3)C(=O)N2C1. The number of rotatable bonds is 9. The fourth-order valence-corrected chi connectivity index (χ4v) is 8.93. The summed E-state index contributed by atoms with van der Waals surface area (Å²) in [6.45, 7) is 3.44. The molecule has 4 fully saturated rings. The second-order valence-corrected chi connectivity index (χ2v) is 16.9. The number of ether oxygens (including phenoxy) is 1. The van der Waals surface area contributed by atoms with Gasteiger partial charge in [0.1, 0.15) is 34.8 Å². The molecule has 2 saturated carbocycles. The first-order valence-corrected chi connectivity index (χ1v) is 20.1. The fourth-order valence-electron chi connectivity index (χ4n) is 7.57. The highest BCUT2D eigenvalue weighted by atomic mass is 32.2. The molecule has 2 aliphatic carbocycles. The summed E-state index contributed by atoms with van der Waals surface area (Å²) < 4.78 is 69.8. The Balaban J connectivity index is 1.21. The first kappa shape index (κ1) is 38.0. The topological polar surface area (TPSA) is 206 Å². The van der Waals surface area contributed by atoms with Crippen LogP contribution in [0.15, 0.2) is 34.9 Å². The van der Waals surface area contributed by atoms with E-state index >= 15 is 8.78 Å². The molecule has 2 saturated heterocycles. The van der Waals surface area contributed by atoms with Gasteiger partial charge in [0, 0.05) is 25.3 Å². The Bertz CT molecular complexity index is 2030. The van der Waals surface area contributed by atoms with Gasteiger partial charge in [-0.1, -0.05) is 37.1 Å². The third-order valence-corrected chi connectivity index (χ3v) is 12.6. The van der Waals surface area contributed by atoms with Crippen molar-refractivity contribution in [1.82, 2.24) is 35.4 Å². The van der Waals surface area contributed by atoms with E-state index in [0.717, 1.165) is 0 Å². The maximum absolute atomic E-state index is 15.4. The molecule has 1 aromatic carbocycles. The number of sulfonamides is 1. The van der Waals surface area contributed by atoms with Crippen molar-refractivity contribution in [2.75, 3.05) is 6.54 Å². The standard InChI is InChI=1S/C36H45F2N7O8S/c1-3-24-32(41-26-10-7-6-9-25(26)39-24)52-22-16-29-31(47)42-36(34(49)44-54(50,51)23-12-13-23)18-21(36)17-35(37,38)14-8-4-5-11-27(33(48)45(29)19-22)40-30(46)28-15-20(2)53-43-28/h6-7,9-10,15,21-23,27,29-30,40,46H,3-5,8,11-14,16-19H2,1-2H3,(H,42,47)(H,44,49). The number of para-hydroxylation sites is 2. The van der Waals surface area contributed by atoms with E-state index in [9.17, 15) is 27.9 Å². The third-order valence-electron chi connectivity index (χ3n) is 10.8. The first-order chi connectivity index (χ1) is 25.7. The van der Waals surface area contributed by atoms with Gasteiger partial charge in [0.05, 0.1) is 28.9 Å². The number of fused-ring (bicyclic) bond motifs is 3. The average molecular weight is 774 g/mol. The summed E-state index contributed by atoms with van der Waals surface area (Å²) in [6.07, 6.45) is -1.55. The van der Waals surface area contributed by atoms with E-state index in [1.54, 1.807) is 13.0 Å². The number of nitrogens with zero attached hydrogens (tertiary/aromatic N) is 4. The molecular formula is C36H45F2N7O8S. The highest BCUT2D eigenvalue weighted by Crippen LogP contribution is 2.51. The monoisotopic (exact) mass is 773 g/mol. The molecule has 4 N–H and O–H groups in total. The number of hydrogen-bond acceptors (Lipinski definition) is 12. The second-order valence-electron chi connectivity index (χ2n) is 15.0. The van der Waals surface area contributed by atoms with E-state index in [0.29, 0.717) is 54.6 Å². The number of halogens is 2. The molecule has 2 aliphatic heterocycles. The second kappa shape index (κ2) is 14.7. The van der Waals surface area contributed by atoms with Gasteiger partial charge in [-0.05, 0) is 63.5 Å². The van der Waals surface area contributed by atoms with Crippen molar-refractivity contribution in [1.29, 1.82) is 0 Å². The molecule has 4 heterocycles. The molecule has 0 spiro atoms. The van der Waals surface area contributed by atoms with E-state index in [4.69, 9.17) is 9.26 Å². The maximum Gasteiger partial charge on any atom is 0.259 e. The molecule has 3 aromatic rings. The number of aryl methyl sites for hydroxylation is 2. The zero-order valence-electron chi connectivity index (χ0n) is 30.1. The molecule has 4 aliphatic rings. The Kier molecular flexibility index (Phi) is 10.4. The Morgan fingerprint density at radius 2 is 1.87 bits per heavy atom. The maximum atomic E-state index is 15.4. The minimum atomic E-state index is -4.07. The van der Waals surface area contributed by atoms with Crippen LogP contribution in [0.2, 0.25) is 0 Å². The predicted octanol–water partition coefficient (Wildman–Crippen LogP) is 2.96. The number of aromatic nitrogens is 3. The molecule has 0 radical (unpaired) electrons. The molecule has 54 heavy (non-hydrogen) atoms. The summed E-state index contributed by atoms with van der Waals surface area (Å²) >= 11 is 0. The van der Waals surface area contributed by atoms with Crippen molar-refractivity contribution in [2.24, 2.45) is 5.92 Å². The van der Waals surface area contributed by atoms with Crippen LogP contribution < -0.4 is 20.1 Å². The van der Waals surface area contributed by atoms with Crippen LogP contribution in [-0.4, -0.2) is 92.7 Å². The van der Waals surface area contributed by atoms with Crippen molar-refractivity contribution in [2.45, 2.75) is 126 Å². The highest BCUT2D eigenvalue weighted by molar-refractivity contribution is 7.91. The van der Waals surface area contributed by atoms with Crippen LogP contribution in [0.25, 0.3) is 11.0 Å². The van der Waals surface area contributed by atoms with Gasteiger partial charge in [0.15, 0.2) is 6.23 Å². The number of aliphatic hydroxyl groups excluding tert-OH is 1. The fraction of sp³-hybridized carbons (Fsp3) is 0.611. The molecule has 6 atom stereocenters. The number of alkyl halides is 2. The van der Waals surface area contributed by atoms with Crippen LogP contribution in [0.3, 0.4) is 0 Å². The molecule has 3 amide bonds. The van der Waals surface area contributed by atoms with E-state index in [1.807, 2.05) is 29.8 Å². The number of aliphatic hydroxyl groups is 1. The Morgan fingerprint density at radius 1 is 1.13 bits per heavy atom. The van der Waals surface area contributed by atoms with Gasteiger partial charge in [-0.25, -0.2) is 27.2 Å². The van der Waals surface area contributed by atoms with Crippen molar-refractivity contribution in [3.8, 4) is 5.88 Å². The lowest BCUT2D eigenvalue weighted by molar-refractivity contribution is -0.142. The number of carbonyl (C=O) groups excluding carboxylic acids is 3. The van der Waals surface area contributed by atoms with Crippen molar-refractivity contribution < 1.29 is 45.9 Å².